The van der Waals surface area contributed by atoms with Gasteiger partial charge in [-0.25, -0.2) is 0 Å². The standard InChI is InChI=1S/C9H6BrN3O3/c10-5-2-1-4(3-11-16)6-7(5)13-9(15)8(14)12-6/h1-3,16H,(H,12,14)(H,13,15)/b11-3+. The van der Waals surface area contributed by atoms with E-state index in [4.69, 9.17) is 5.21 Å². The summed E-state index contributed by atoms with van der Waals surface area (Å²) in [6.07, 6.45) is 1.17. The Morgan fingerprint density at radius 2 is 1.81 bits per heavy atom. The third-order valence-corrected chi connectivity index (χ3v) is 2.73. The summed E-state index contributed by atoms with van der Waals surface area (Å²) in [5.74, 6) is 0. The van der Waals surface area contributed by atoms with Gasteiger partial charge in [0.1, 0.15) is 0 Å². The number of aromatic amines is 2. The van der Waals surface area contributed by atoms with Crippen molar-refractivity contribution in [3.8, 4) is 0 Å². The van der Waals surface area contributed by atoms with Gasteiger partial charge in [-0.2, -0.15) is 0 Å². The predicted molar refractivity (Wildman–Crippen MR) is 62.3 cm³/mol. The molecule has 0 aliphatic heterocycles. The van der Waals surface area contributed by atoms with Crippen LogP contribution in [0.4, 0.5) is 0 Å². The number of H-pyrrole nitrogens is 2. The van der Waals surface area contributed by atoms with Crippen LogP contribution in [-0.4, -0.2) is 21.4 Å². The number of rotatable bonds is 1. The van der Waals surface area contributed by atoms with Crippen LogP contribution in [0.1, 0.15) is 5.56 Å². The van der Waals surface area contributed by atoms with Gasteiger partial charge < -0.3 is 15.2 Å². The minimum atomic E-state index is -0.752. The van der Waals surface area contributed by atoms with Gasteiger partial charge >= 0.3 is 11.1 Å². The lowest BCUT2D eigenvalue weighted by Gasteiger charge is -2.02. The van der Waals surface area contributed by atoms with Gasteiger partial charge in [0.15, 0.2) is 0 Å². The van der Waals surface area contributed by atoms with Crippen molar-refractivity contribution < 1.29 is 5.21 Å². The van der Waals surface area contributed by atoms with Crippen molar-refractivity contribution in [3.63, 3.8) is 0 Å². The fourth-order valence-corrected chi connectivity index (χ4v) is 1.79. The lowest BCUT2D eigenvalue weighted by atomic mass is 10.2. The summed E-state index contributed by atoms with van der Waals surface area (Å²) in [6, 6.07) is 3.31. The molecule has 0 saturated carbocycles. The fourth-order valence-electron chi connectivity index (χ4n) is 1.36. The molecule has 2 aromatic rings. The van der Waals surface area contributed by atoms with E-state index in [-0.39, 0.29) is 0 Å². The highest BCUT2D eigenvalue weighted by atomic mass is 79.9. The molecular formula is C9H6BrN3O3. The van der Waals surface area contributed by atoms with E-state index in [0.717, 1.165) is 0 Å². The van der Waals surface area contributed by atoms with Crippen LogP contribution in [0.5, 0.6) is 0 Å². The second kappa shape index (κ2) is 3.93. The van der Waals surface area contributed by atoms with E-state index in [1.807, 2.05) is 0 Å². The van der Waals surface area contributed by atoms with Gasteiger partial charge in [0.2, 0.25) is 0 Å². The molecule has 1 aromatic carbocycles. The molecule has 0 bridgehead atoms. The van der Waals surface area contributed by atoms with E-state index in [9.17, 15) is 9.59 Å². The third-order valence-electron chi connectivity index (χ3n) is 2.07. The van der Waals surface area contributed by atoms with Crippen molar-refractivity contribution >= 4 is 33.2 Å². The zero-order valence-electron chi connectivity index (χ0n) is 7.82. The van der Waals surface area contributed by atoms with E-state index in [1.165, 1.54) is 6.21 Å². The number of hydrogen-bond donors (Lipinski definition) is 3. The quantitative estimate of drug-likeness (QED) is 0.312. The van der Waals surface area contributed by atoms with Crippen LogP contribution in [0.15, 0.2) is 31.4 Å². The average molecular weight is 284 g/mol. The maximum Gasteiger partial charge on any atom is 0.314 e. The van der Waals surface area contributed by atoms with Gasteiger partial charge in [-0.1, -0.05) is 5.16 Å². The summed E-state index contributed by atoms with van der Waals surface area (Å²) in [7, 11) is 0. The molecule has 0 aliphatic carbocycles. The normalized spacial score (nSPS) is 11.3. The van der Waals surface area contributed by atoms with Crippen molar-refractivity contribution in [1.29, 1.82) is 0 Å². The summed E-state index contributed by atoms with van der Waals surface area (Å²) in [4.78, 5) is 27.2. The molecule has 0 aliphatic rings. The molecule has 0 amide bonds. The Kier molecular flexibility index (Phi) is 2.61. The molecule has 0 fully saturated rings. The van der Waals surface area contributed by atoms with Crippen LogP contribution in [-0.2, 0) is 0 Å². The summed E-state index contributed by atoms with van der Waals surface area (Å²) in [6.45, 7) is 0. The first kappa shape index (κ1) is 10.6. The van der Waals surface area contributed by atoms with E-state index >= 15 is 0 Å². The minimum absolute atomic E-state index is 0.400. The Morgan fingerprint density at radius 1 is 1.19 bits per heavy atom. The number of halogens is 1. The Balaban J connectivity index is 2.98. The molecule has 1 heterocycles. The highest BCUT2D eigenvalue weighted by molar-refractivity contribution is 9.10. The minimum Gasteiger partial charge on any atom is -0.411 e. The first-order valence-electron chi connectivity index (χ1n) is 4.25. The van der Waals surface area contributed by atoms with E-state index < -0.39 is 11.1 Å². The highest BCUT2D eigenvalue weighted by Gasteiger charge is 2.06. The zero-order chi connectivity index (χ0) is 11.7. The summed E-state index contributed by atoms with van der Waals surface area (Å²) >= 11 is 3.24. The maximum absolute atomic E-state index is 11.2. The smallest absolute Gasteiger partial charge is 0.314 e. The molecule has 0 atom stereocenters. The highest BCUT2D eigenvalue weighted by Crippen LogP contribution is 2.21. The summed E-state index contributed by atoms with van der Waals surface area (Å²) in [5, 5.41) is 11.3. The van der Waals surface area contributed by atoms with E-state index in [0.29, 0.717) is 21.1 Å². The van der Waals surface area contributed by atoms with Crippen molar-refractivity contribution in [1.82, 2.24) is 9.97 Å². The number of nitrogens with zero attached hydrogens (tertiary/aromatic N) is 1. The van der Waals surface area contributed by atoms with Crippen LogP contribution in [0.3, 0.4) is 0 Å². The van der Waals surface area contributed by atoms with Crippen LogP contribution in [0, 0.1) is 0 Å². The average Bonchev–Trinajstić information content (AvgIpc) is 2.25. The largest absolute Gasteiger partial charge is 0.411 e. The van der Waals surface area contributed by atoms with Crippen LogP contribution >= 0.6 is 15.9 Å². The topological polar surface area (TPSA) is 98.3 Å². The lowest BCUT2D eigenvalue weighted by molar-refractivity contribution is 0.322. The molecule has 6 nitrogen and oxygen atoms in total. The van der Waals surface area contributed by atoms with Gasteiger partial charge in [0.25, 0.3) is 0 Å². The Hall–Kier alpha value is -1.89. The lowest BCUT2D eigenvalue weighted by Crippen LogP contribution is -2.29. The van der Waals surface area contributed by atoms with Gasteiger partial charge in [-0.15, -0.1) is 0 Å². The fraction of sp³-hybridized carbons (Fsp3) is 0. The Morgan fingerprint density at radius 3 is 2.44 bits per heavy atom. The SMILES string of the molecule is O=c1[nH]c2c(Br)ccc(/C=N/O)c2[nH]c1=O. The van der Waals surface area contributed by atoms with E-state index in [2.05, 4.69) is 31.1 Å². The molecule has 1 aromatic heterocycles. The third kappa shape index (κ3) is 1.65. The number of nitrogens with one attached hydrogen (secondary N) is 2. The molecule has 7 heteroatoms. The number of aromatic nitrogens is 2. The number of fused-ring (bicyclic) bond motifs is 1. The molecule has 0 spiro atoms. The Labute approximate surface area is 96.8 Å². The Bertz CT molecular complexity index is 686. The van der Waals surface area contributed by atoms with Gasteiger partial charge in [-0.05, 0) is 28.1 Å². The summed E-state index contributed by atoms with van der Waals surface area (Å²) < 4.78 is 0.630. The molecule has 0 radical (unpaired) electrons. The molecule has 0 unspecified atom stereocenters. The predicted octanol–water partition coefficient (Wildman–Crippen LogP) is 0.787. The molecule has 0 saturated heterocycles. The van der Waals surface area contributed by atoms with E-state index in [1.54, 1.807) is 12.1 Å². The molecule has 82 valence electrons. The number of benzene rings is 1. The molecule has 3 N–H and O–H groups in total. The van der Waals surface area contributed by atoms with Crippen molar-refractivity contribution in [2.45, 2.75) is 0 Å². The van der Waals surface area contributed by atoms with Crippen molar-refractivity contribution in [3.05, 3.63) is 42.9 Å². The first-order valence-corrected chi connectivity index (χ1v) is 5.05. The van der Waals surface area contributed by atoms with Crippen LogP contribution in [0.25, 0.3) is 11.0 Å². The molecule has 16 heavy (non-hydrogen) atoms. The first-order chi connectivity index (χ1) is 7.63. The van der Waals surface area contributed by atoms with Crippen LogP contribution < -0.4 is 11.1 Å². The number of oxime groups is 1. The molecule has 2 rings (SSSR count). The monoisotopic (exact) mass is 283 g/mol. The number of hydrogen-bond acceptors (Lipinski definition) is 4. The van der Waals surface area contributed by atoms with Gasteiger partial charge in [0.05, 0.1) is 17.2 Å². The van der Waals surface area contributed by atoms with Gasteiger partial charge in [-0.3, -0.25) is 9.59 Å². The summed E-state index contributed by atoms with van der Waals surface area (Å²) in [5.41, 5.74) is -0.141. The second-order valence-corrected chi connectivity index (χ2v) is 3.89. The van der Waals surface area contributed by atoms with Gasteiger partial charge in [0, 0.05) is 10.0 Å². The maximum atomic E-state index is 11.2. The second-order valence-electron chi connectivity index (χ2n) is 3.04. The molecular weight excluding hydrogens is 278 g/mol. The van der Waals surface area contributed by atoms with Crippen molar-refractivity contribution in [2.75, 3.05) is 0 Å². The zero-order valence-corrected chi connectivity index (χ0v) is 9.41. The van der Waals surface area contributed by atoms with Crippen molar-refractivity contribution in [2.24, 2.45) is 5.16 Å². The van der Waals surface area contributed by atoms with Crippen LogP contribution in [0.2, 0.25) is 0 Å².